The minimum absolute atomic E-state index is 0. The van der Waals surface area contributed by atoms with Gasteiger partial charge in [-0.2, -0.15) is 0 Å². The highest BCUT2D eigenvalue weighted by Gasteiger charge is 2.29. The standard InChI is InChI=1S/C22H29ClN4.2ClH/c1-18(19-5-9-24-10-6-19)25-11-7-21(8-12-25)26-13-15-27(16-14-26)22-4-2-3-20(23)17-22;;/h2-6,9-10,17-18,21H,7-8,11-16H2,1H3;2*1H. The van der Waals surface area contributed by atoms with Gasteiger partial charge >= 0.3 is 0 Å². The van der Waals surface area contributed by atoms with Crippen LogP contribution in [0.25, 0.3) is 0 Å². The van der Waals surface area contributed by atoms with Crippen LogP contribution in [0.3, 0.4) is 0 Å². The number of hydrogen-bond donors (Lipinski definition) is 0. The number of anilines is 1. The molecule has 2 saturated heterocycles. The molecular weight excluding hydrogens is 427 g/mol. The molecule has 4 rings (SSSR count). The van der Waals surface area contributed by atoms with Crippen molar-refractivity contribution in [3.8, 4) is 0 Å². The van der Waals surface area contributed by atoms with Crippen molar-refractivity contribution < 1.29 is 0 Å². The normalized spacial score (nSPS) is 19.9. The maximum atomic E-state index is 6.15. The Hall–Kier alpha value is -1.04. The summed E-state index contributed by atoms with van der Waals surface area (Å²) < 4.78 is 0. The largest absolute Gasteiger partial charge is 0.369 e. The van der Waals surface area contributed by atoms with Gasteiger partial charge in [-0.1, -0.05) is 17.7 Å². The molecule has 0 radical (unpaired) electrons. The van der Waals surface area contributed by atoms with Crippen molar-refractivity contribution in [2.75, 3.05) is 44.2 Å². The summed E-state index contributed by atoms with van der Waals surface area (Å²) >= 11 is 6.15. The summed E-state index contributed by atoms with van der Waals surface area (Å²) in [4.78, 5) is 11.9. The van der Waals surface area contributed by atoms with Crippen LogP contribution in [0.4, 0.5) is 5.69 Å². The smallest absolute Gasteiger partial charge is 0.0426 e. The van der Waals surface area contributed by atoms with Gasteiger partial charge in [-0.05, 0) is 55.7 Å². The third kappa shape index (κ3) is 5.99. The highest BCUT2D eigenvalue weighted by Crippen LogP contribution is 2.27. The maximum absolute atomic E-state index is 6.15. The van der Waals surface area contributed by atoms with Gasteiger partial charge in [0.1, 0.15) is 0 Å². The van der Waals surface area contributed by atoms with Crippen LogP contribution < -0.4 is 4.90 Å². The van der Waals surface area contributed by atoms with Crippen molar-refractivity contribution >= 4 is 42.1 Å². The molecule has 2 aliphatic rings. The van der Waals surface area contributed by atoms with E-state index >= 15 is 0 Å². The predicted octanol–water partition coefficient (Wildman–Crippen LogP) is 4.93. The highest BCUT2D eigenvalue weighted by molar-refractivity contribution is 6.30. The van der Waals surface area contributed by atoms with Gasteiger partial charge in [0.2, 0.25) is 0 Å². The molecule has 4 nitrogen and oxygen atoms in total. The van der Waals surface area contributed by atoms with Crippen LogP contribution >= 0.6 is 36.4 Å². The molecule has 160 valence electrons. The number of halogens is 3. The van der Waals surface area contributed by atoms with Crippen molar-refractivity contribution in [1.29, 1.82) is 0 Å². The van der Waals surface area contributed by atoms with E-state index in [1.54, 1.807) is 0 Å². The zero-order valence-electron chi connectivity index (χ0n) is 16.9. The van der Waals surface area contributed by atoms with Crippen molar-refractivity contribution in [3.05, 3.63) is 59.4 Å². The molecule has 2 fully saturated rings. The Morgan fingerprint density at radius 3 is 2.21 bits per heavy atom. The first-order valence-electron chi connectivity index (χ1n) is 10.1. The van der Waals surface area contributed by atoms with E-state index in [1.165, 1.54) is 37.2 Å². The minimum Gasteiger partial charge on any atom is -0.369 e. The van der Waals surface area contributed by atoms with Gasteiger partial charge in [0.05, 0.1) is 0 Å². The minimum atomic E-state index is 0. The Morgan fingerprint density at radius 2 is 1.59 bits per heavy atom. The summed E-state index contributed by atoms with van der Waals surface area (Å²) in [6.45, 7) is 9.17. The fourth-order valence-electron chi connectivity index (χ4n) is 4.51. The molecule has 0 amide bonds. The number of aromatic nitrogens is 1. The lowest BCUT2D eigenvalue weighted by Gasteiger charge is -2.44. The lowest BCUT2D eigenvalue weighted by molar-refractivity contribution is 0.0840. The number of pyridine rings is 1. The first-order chi connectivity index (χ1) is 13.2. The molecule has 0 N–H and O–H groups in total. The number of hydrogen-bond acceptors (Lipinski definition) is 4. The van der Waals surface area contributed by atoms with Gasteiger partial charge in [0, 0.05) is 74.5 Å². The number of benzene rings is 1. The first-order valence-corrected chi connectivity index (χ1v) is 10.5. The van der Waals surface area contributed by atoms with Gasteiger partial charge in [-0.15, -0.1) is 24.8 Å². The van der Waals surface area contributed by atoms with Crippen molar-refractivity contribution in [2.24, 2.45) is 0 Å². The second-order valence-corrected chi connectivity index (χ2v) is 8.16. The van der Waals surface area contributed by atoms with E-state index in [0.29, 0.717) is 6.04 Å². The summed E-state index contributed by atoms with van der Waals surface area (Å²) in [6, 6.07) is 13.7. The predicted molar refractivity (Wildman–Crippen MR) is 127 cm³/mol. The van der Waals surface area contributed by atoms with Gasteiger partial charge < -0.3 is 4.90 Å². The molecule has 1 aromatic heterocycles. The Balaban J connectivity index is 0.00000150. The SMILES string of the molecule is CC(c1ccncc1)N1CCC(N2CCN(c3cccc(Cl)c3)CC2)CC1.Cl.Cl. The monoisotopic (exact) mass is 456 g/mol. The van der Waals surface area contributed by atoms with E-state index < -0.39 is 0 Å². The zero-order valence-corrected chi connectivity index (χ0v) is 19.3. The molecule has 0 aliphatic carbocycles. The molecule has 2 aliphatic heterocycles. The number of rotatable bonds is 4. The number of nitrogens with zero attached hydrogens (tertiary/aromatic N) is 4. The number of likely N-dealkylation sites (tertiary alicyclic amines) is 1. The maximum Gasteiger partial charge on any atom is 0.0426 e. The molecule has 29 heavy (non-hydrogen) atoms. The van der Waals surface area contributed by atoms with Gasteiger partial charge in [-0.25, -0.2) is 0 Å². The topological polar surface area (TPSA) is 22.6 Å². The Morgan fingerprint density at radius 1 is 0.931 bits per heavy atom. The van der Waals surface area contributed by atoms with Gasteiger partial charge in [0.25, 0.3) is 0 Å². The quantitative estimate of drug-likeness (QED) is 0.649. The average Bonchev–Trinajstić information content (AvgIpc) is 2.74. The van der Waals surface area contributed by atoms with Crippen LogP contribution in [0.5, 0.6) is 0 Å². The molecule has 0 bridgehead atoms. The molecule has 1 atom stereocenters. The Labute approximate surface area is 192 Å². The molecule has 3 heterocycles. The van der Waals surface area contributed by atoms with Crippen LogP contribution in [-0.4, -0.2) is 60.1 Å². The van der Waals surface area contributed by atoms with Crippen molar-refractivity contribution in [3.63, 3.8) is 0 Å². The Bertz CT molecular complexity index is 730. The second kappa shape index (κ2) is 11.4. The van der Waals surface area contributed by atoms with E-state index in [-0.39, 0.29) is 24.8 Å². The third-order valence-corrected chi connectivity index (χ3v) is 6.47. The van der Waals surface area contributed by atoms with E-state index in [2.05, 4.69) is 50.9 Å². The molecule has 0 spiro atoms. The average molecular weight is 458 g/mol. The first kappa shape index (κ1) is 24.2. The van der Waals surface area contributed by atoms with Crippen LogP contribution in [-0.2, 0) is 0 Å². The summed E-state index contributed by atoms with van der Waals surface area (Å²) in [5, 5.41) is 0.825. The molecular formula is C22H31Cl3N4. The van der Waals surface area contributed by atoms with E-state index in [1.807, 2.05) is 24.5 Å². The fourth-order valence-corrected chi connectivity index (χ4v) is 4.69. The summed E-state index contributed by atoms with van der Waals surface area (Å²) in [5.41, 5.74) is 2.63. The lowest BCUT2D eigenvalue weighted by atomic mass is 9.99. The molecule has 0 saturated carbocycles. The van der Waals surface area contributed by atoms with Crippen LogP contribution in [0.1, 0.15) is 31.4 Å². The third-order valence-electron chi connectivity index (χ3n) is 6.24. The molecule has 1 aromatic carbocycles. The van der Waals surface area contributed by atoms with Crippen LogP contribution in [0, 0.1) is 0 Å². The molecule has 7 heteroatoms. The second-order valence-electron chi connectivity index (χ2n) is 7.73. The highest BCUT2D eigenvalue weighted by atomic mass is 35.5. The van der Waals surface area contributed by atoms with Gasteiger partial charge in [0.15, 0.2) is 0 Å². The number of piperazine rings is 1. The summed E-state index contributed by atoms with van der Waals surface area (Å²) in [5.74, 6) is 0. The summed E-state index contributed by atoms with van der Waals surface area (Å²) in [6.07, 6.45) is 6.34. The zero-order chi connectivity index (χ0) is 18.6. The van der Waals surface area contributed by atoms with Crippen molar-refractivity contribution in [1.82, 2.24) is 14.8 Å². The summed E-state index contributed by atoms with van der Waals surface area (Å²) in [7, 11) is 0. The van der Waals surface area contributed by atoms with E-state index in [0.717, 1.165) is 37.2 Å². The molecule has 2 aromatic rings. The van der Waals surface area contributed by atoms with Crippen LogP contribution in [0.15, 0.2) is 48.8 Å². The molecule has 1 unspecified atom stereocenters. The van der Waals surface area contributed by atoms with E-state index in [4.69, 9.17) is 11.6 Å². The van der Waals surface area contributed by atoms with Gasteiger partial charge in [-0.3, -0.25) is 14.8 Å². The number of piperidine rings is 1. The van der Waals surface area contributed by atoms with Crippen LogP contribution in [0.2, 0.25) is 5.02 Å². The fraction of sp³-hybridized carbons (Fsp3) is 0.500. The van der Waals surface area contributed by atoms with E-state index in [9.17, 15) is 0 Å². The Kier molecular flexibility index (Phi) is 9.51. The lowest BCUT2D eigenvalue weighted by Crippen LogP contribution is -2.53. The van der Waals surface area contributed by atoms with Crippen molar-refractivity contribution in [2.45, 2.75) is 31.8 Å².